The van der Waals surface area contributed by atoms with Gasteiger partial charge in [-0.05, 0) is 24.8 Å². The minimum atomic E-state index is -0.538. The zero-order valence-corrected chi connectivity index (χ0v) is 11.3. The topological polar surface area (TPSA) is 103 Å². The first-order valence-electron chi connectivity index (χ1n) is 5.09. The predicted octanol–water partition coefficient (Wildman–Crippen LogP) is 0.822. The number of halogens is 1. The van der Waals surface area contributed by atoms with Gasteiger partial charge >= 0.3 is 5.82 Å². The van der Waals surface area contributed by atoms with Crippen LogP contribution < -0.4 is 11.1 Å². The number of carbonyl (C=O) groups is 1. The molecular weight excluding hydrogens is 260 g/mol. The average Bonchev–Trinajstić information content (AvgIpc) is 2.55. The highest BCUT2D eigenvalue weighted by molar-refractivity contribution is 5.93. The molecule has 0 aromatic carbocycles. The molecular formula is C10H17ClN4O3. The van der Waals surface area contributed by atoms with Crippen LogP contribution in [-0.4, -0.2) is 27.5 Å². The van der Waals surface area contributed by atoms with Crippen LogP contribution in [-0.2, 0) is 7.05 Å². The number of nitrogens with two attached hydrogens (primary N) is 1. The second-order valence-corrected chi connectivity index (χ2v) is 4.56. The number of hydrogen-bond acceptors (Lipinski definition) is 4. The number of carbonyl (C=O) groups excluding carboxylic acids is 1. The van der Waals surface area contributed by atoms with Crippen molar-refractivity contribution in [3.8, 4) is 0 Å². The number of aromatic nitrogens is 1. The van der Waals surface area contributed by atoms with E-state index in [1.165, 1.54) is 23.7 Å². The molecule has 0 unspecified atom stereocenters. The summed E-state index contributed by atoms with van der Waals surface area (Å²) in [6.45, 7) is 3.85. The van der Waals surface area contributed by atoms with Crippen LogP contribution in [0.3, 0.4) is 0 Å². The smallest absolute Gasteiger partial charge is 0.323 e. The second kappa shape index (κ2) is 5.83. The fourth-order valence-electron chi connectivity index (χ4n) is 1.31. The summed E-state index contributed by atoms with van der Waals surface area (Å²) in [5.74, 6) is -0.499. The molecule has 18 heavy (non-hydrogen) atoms. The van der Waals surface area contributed by atoms with Gasteiger partial charge in [0.1, 0.15) is 0 Å². The fraction of sp³-hybridized carbons (Fsp3) is 0.500. The molecule has 0 aliphatic carbocycles. The summed E-state index contributed by atoms with van der Waals surface area (Å²) in [5.41, 5.74) is 5.44. The first-order valence-corrected chi connectivity index (χ1v) is 5.09. The van der Waals surface area contributed by atoms with E-state index < -0.39 is 10.5 Å². The number of nitrogens with one attached hydrogen (secondary N) is 1. The van der Waals surface area contributed by atoms with E-state index in [9.17, 15) is 14.9 Å². The Morgan fingerprint density at radius 3 is 2.50 bits per heavy atom. The summed E-state index contributed by atoms with van der Waals surface area (Å²) >= 11 is 0. The van der Waals surface area contributed by atoms with Crippen molar-refractivity contribution in [2.75, 3.05) is 6.54 Å². The Bertz CT molecular complexity index is 450. The van der Waals surface area contributed by atoms with Crippen LogP contribution in [0.1, 0.15) is 24.3 Å². The Morgan fingerprint density at radius 1 is 1.56 bits per heavy atom. The van der Waals surface area contributed by atoms with Crippen LogP contribution in [0.2, 0.25) is 0 Å². The Balaban J connectivity index is 0.00000289. The Labute approximate surface area is 111 Å². The van der Waals surface area contributed by atoms with Gasteiger partial charge in [0.25, 0.3) is 5.91 Å². The van der Waals surface area contributed by atoms with Crippen molar-refractivity contribution in [2.24, 2.45) is 12.8 Å². The molecule has 0 aliphatic heterocycles. The van der Waals surface area contributed by atoms with Crippen molar-refractivity contribution >= 4 is 24.1 Å². The van der Waals surface area contributed by atoms with Gasteiger partial charge in [-0.2, -0.15) is 0 Å². The van der Waals surface area contributed by atoms with E-state index in [0.29, 0.717) is 6.54 Å². The molecule has 0 spiro atoms. The molecule has 1 rings (SSSR count). The highest BCUT2D eigenvalue weighted by Gasteiger charge is 2.21. The van der Waals surface area contributed by atoms with Crippen molar-refractivity contribution in [1.82, 2.24) is 9.88 Å². The zero-order valence-electron chi connectivity index (χ0n) is 10.5. The highest BCUT2D eigenvalue weighted by atomic mass is 35.5. The Kier molecular flexibility index (Phi) is 5.31. The predicted molar refractivity (Wildman–Crippen MR) is 69.9 cm³/mol. The van der Waals surface area contributed by atoms with E-state index in [1.807, 2.05) is 0 Å². The number of rotatable bonds is 4. The number of hydrogen-bond donors (Lipinski definition) is 2. The first-order chi connectivity index (χ1) is 7.72. The average molecular weight is 277 g/mol. The van der Waals surface area contributed by atoms with Crippen molar-refractivity contribution in [3.05, 3.63) is 27.9 Å². The van der Waals surface area contributed by atoms with Gasteiger partial charge in [-0.25, -0.2) is 4.57 Å². The molecule has 1 heterocycles. The van der Waals surface area contributed by atoms with Gasteiger partial charge in [0.2, 0.25) is 0 Å². The standard InChI is InChI=1S/C10H16N4O3.ClH/c1-10(2,11)6-12-9(15)7-4-5-8(13(7)3)14(16)17;/h4-5H,6,11H2,1-3H3,(H,12,15);1H. The molecule has 0 bridgehead atoms. The van der Waals surface area contributed by atoms with E-state index in [2.05, 4.69) is 5.32 Å². The van der Waals surface area contributed by atoms with E-state index in [1.54, 1.807) is 13.8 Å². The second-order valence-electron chi connectivity index (χ2n) is 4.56. The molecule has 1 aromatic rings. The van der Waals surface area contributed by atoms with E-state index >= 15 is 0 Å². The molecule has 0 saturated heterocycles. The summed E-state index contributed by atoms with van der Waals surface area (Å²) in [6.07, 6.45) is 0. The summed E-state index contributed by atoms with van der Waals surface area (Å²) < 4.78 is 1.23. The van der Waals surface area contributed by atoms with Crippen LogP contribution in [0.25, 0.3) is 0 Å². The van der Waals surface area contributed by atoms with Crippen LogP contribution in [0.5, 0.6) is 0 Å². The third-order valence-electron chi connectivity index (χ3n) is 2.22. The van der Waals surface area contributed by atoms with Crippen molar-refractivity contribution in [3.63, 3.8) is 0 Å². The molecule has 3 N–H and O–H groups in total. The van der Waals surface area contributed by atoms with Crippen LogP contribution in [0.4, 0.5) is 5.82 Å². The van der Waals surface area contributed by atoms with Gasteiger partial charge in [0.05, 0.1) is 7.05 Å². The molecule has 7 nitrogen and oxygen atoms in total. The first kappa shape index (κ1) is 16.4. The molecule has 0 saturated carbocycles. The van der Waals surface area contributed by atoms with Gasteiger partial charge in [-0.1, -0.05) is 0 Å². The maximum Gasteiger partial charge on any atom is 0.323 e. The van der Waals surface area contributed by atoms with Gasteiger partial charge in [0, 0.05) is 18.2 Å². The minimum absolute atomic E-state index is 0. The molecule has 0 atom stereocenters. The van der Waals surface area contributed by atoms with Crippen molar-refractivity contribution in [2.45, 2.75) is 19.4 Å². The van der Waals surface area contributed by atoms with Crippen molar-refractivity contribution < 1.29 is 9.72 Å². The molecule has 0 aliphatic rings. The van der Waals surface area contributed by atoms with E-state index in [0.717, 1.165) is 0 Å². The lowest BCUT2D eigenvalue weighted by Gasteiger charge is -2.18. The summed E-state index contributed by atoms with van der Waals surface area (Å²) in [5, 5.41) is 13.2. The number of nitro groups is 1. The van der Waals surface area contributed by atoms with Crippen LogP contribution >= 0.6 is 12.4 Å². The van der Waals surface area contributed by atoms with E-state index in [4.69, 9.17) is 5.73 Å². The molecule has 0 radical (unpaired) electrons. The lowest BCUT2D eigenvalue weighted by atomic mass is 10.1. The summed E-state index contributed by atoms with van der Waals surface area (Å²) in [7, 11) is 1.47. The highest BCUT2D eigenvalue weighted by Crippen LogP contribution is 2.14. The lowest BCUT2D eigenvalue weighted by Crippen LogP contribution is -2.45. The lowest BCUT2D eigenvalue weighted by molar-refractivity contribution is -0.391. The van der Waals surface area contributed by atoms with Gasteiger partial charge in [-0.15, -0.1) is 12.4 Å². The van der Waals surface area contributed by atoms with E-state index in [-0.39, 0.29) is 29.8 Å². The summed E-state index contributed by atoms with van der Waals surface area (Å²) in [4.78, 5) is 21.8. The van der Waals surface area contributed by atoms with Crippen molar-refractivity contribution in [1.29, 1.82) is 0 Å². The zero-order chi connectivity index (χ0) is 13.2. The van der Waals surface area contributed by atoms with Gasteiger partial charge in [-0.3, -0.25) is 4.79 Å². The Morgan fingerprint density at radius 2 is 2.11 bits per heavy atom. The van der Waals surface area contributed by atoms with Gasteiger partial charge in [0.15, 0.2) is 5.69 Å². The molecule has 102 valence electrons. The number of amides is 1. The maximum absolute atomic E-state index is 11.7. The van der Waals surface area contributed by atoms with Gasteiger partial charge < -0.3 is 21.2 Å². The fourth-order valence-corrected chi connectivity index (χ4v) is 1.31. The number of nitrogens with zero attached hydrogens (tertiary/aromatic N) is 2. The monoisotopic (exact) mass is 276 g/mol. The Hall–Kier alpha value is -1.60. The molecule has 1 aromatic heterocycles. The minimum Gasteiger partial charge on any atom is -0.358 e. The third kappa shape index (κ3) is 4.01. The SMILES string of the molecule is Cl.Cn1c(C(=O)NCC(C)(C)N)ccc1[N+](=O)[O-]. The molecule has 8 heteroatoms. The normalized spacial score (nSPS) is 10.7. The van der Waals surface area contributed by atoms with Crippen LogP contribution in [0, 0.1) is 10.1 Å². The largest absolute Gasteiger partial charge is 0.358 e. The quantitative estimate of drug-likeness (QED) is 0.628. The maximum atomic E-state index is 11.7. The third-order valence-corrected chi connectivity index (χ3v) is 2.22. The van der Waals surface area contributed by atoms with Crippen LogP contribution in [0.15, 0.2) is 12.1 Å². The molecule has 0 fully saturated rings. The summed E-state index contributed by atoms with van der Waals surface area (Å²) in [6, 6.07) is 2.71. The molecule has 1 amide bonds.